The van der Waals surface area contributed by atoms with Crippen LogP contribution in [0, 0.1) is 5.92 Å². The zero-order valence-corrected chi connectivity index (χ0v) is 7.02. The fraction of sp³-hybridized carbons (Fsp3) is 0.800. The molecule has 0 radical (unpaired) electrons. The van der Waals surface area contributed by atoms with Crippen LogP contribution >= 0.6 is 0 Å². The van der Waals surface area contributed by atoms with E-state index in [0.29, 0.717) is 0 Å². The first kappa shape index (κ1) is 10.3. The molecule has 0 spiro atoms. The summed E-state index contributed by atoms with van der Waals surface area (Å²) in [6, 6.07) is 0. The Morgan fingerprint density at radius 1 is 1.64 bits per heavy atom. The zero-order valence-electron chi connectivity index (χ0n) is 6.20. The predicted octanol–water partition coefficient (Wildman–Crippen LogP) is 0.0948. The normalized spacial score (nSPS) is 14.1. The highest BCUT2D eigenvalue weighted by Gasteiger charge is 2.20. The molecule has 0 fully saturated rings. The van der Waals surface area contributed by atoms with Gasteiger partial charge in [-0.3, -0.25) is 4.79 Å². The lowest BCUT2D eigenvalue weighted by atomic mass is 10.2. The van der Waals surface area contributed by atoms with Gasteiger partial charge in [0.1, 0.15) is 0 Å². The van der Waals surface area contributed by atoms with Gasteiger partial charge in [0.15, 0.2) is 0 Å². The number of hydrogen-bond acceptors (Lipinski definition) is 4. The van der Waals surface area contributed by atoms with Crippen LogP contribution in [-0.4, -0.2) is 27.2 Å². The Balaban J connectivity index is 4.09. The molecule has 0 heterocycles. The third-order valence-corrected chi connectivity index (χ3v) is 1.95. The molecule has 0 unspecified atom stereocenters. The number of esters is 1. The van der Waals surface area contributed by atoms with Gasteiger partial charge in [-0.2, -0.15) is 8.42 Å². The maximum atomic E-state index is 11.9. The minimum atomic E-state index is -4.58. The average molecular weight is 184 g/mol. The molecule has 0 aromatic heterocycles. The van der Waals surface area contributed by atoms with Gasteiger partial charge < -0.3 is 4.74 Å². The number of rotatable bonds is 3. The van der Waals surface area contributed by atoms with Crippen LogP contribution in [0.3, 0.4) is 0 Å². The Morgan fingerprint density at radius 2 is 2.09 bits per heavy atom. The Labute approximate surface area is 64.6 Å². The topological polar surface area (TPSA) is 60.4 Å². The summed E-state index contributed by atoms with van der Waals surface area (Å²) in [6.45, 7) is 1.28. The minimum absolute atomic E-state index is 0.730. The SMILES string of the molecule is COC(=O)[C@@H](C)CS(=O)(=O)F. The molecule has 0 aliphatic heterocycles. The first-order valence-electron chi connectivity index (χ1n) is 2.87. The molecule has 1 atom stereocenters. The molecule has 0 aromatic carbocycles. The van der Waals surface area contributed by atoms with E-state index in [1.54, 1.807) is 0 Å². The van der Waals surface area contributed by atoms with Crippen molar-refractivity contribution in [1.29, 1.82) is 0 Å². The van der Waals surface area contributed by atoms with E-state index in [1.165, 1.54) is 6.92 Å². The summed E-state index contributed by atoms with van der Waals surface area (Å²) in [5.41, 5.74) is 0. The largest absolute Gasteiger partial charge is 0.469 e. The van der Waals surface area contributed by atoms with Gasteiger partial charge in [-0.25, -0.2) is 0 Å². The van der Waals surface area contributed by atoms with Crippen LogP contribution < -0.4 is 0 Å². The van der Waals surface area contributed by atoms with E-state index in [-0.39, 0.29) is 0 Å². The molecule has 0 amide bonds. The van der Waals surface area contributed by atoms with Crippen LogP contribution in [0.1, 0.15) is 6.92 Å². The number of ether oxygens (including phenoxy) is 1. The van der Waals surface area contributed by atoms with Crippen molar-refractivity contribution in [2.75, 3.05) is 12.9 Å². The van der Waals surface area contributed by atoms with Crippen LogP contribution in [0.2, 0.25) is 0 Å². The smallest absolute Gasteiger partial charge is 0.309 e. The number of methoxy groups -OCH3 is 1. The molecule has 6 heteroatoms. The molecule has 0 aliphatic carbocycles. The molecule has 0 saturated carbocycles. The lowest BCUT2D eigenvalue weighted by Crippen LogP contribution is -2.20. The second-order valence-electron chi connectivity index (χ2n) is 2.13. The van der Waals surface area contributed by atoms with Crippen molar-refractivity contribution < 1.29 is 21.8 Å². The van der Waals surface area contributed by atoms with Gasteiger partial charge in [0.2, 0.25) is 0 Å². The summed E-state index contributed by atoms with van der Waals surface area (Å²) in [4.78, 5) is 10.5. The summed E-state index contributed by atoms with van der Waals surface area (Å²) >= 11 is 0. The molecule has 0 saturated heterocycles. The van der Waals surface area contributed by atoms with E-state index in [2.05, 4.69) is 4.74 Å². The Kier molecular flexibility index (Phi) is 3.44. The van der Waals surface area contributed by atoms with Crippen LogP contribution in [0.25, 0.3) is 0 Å². The van der Waals surface area contributed by atoms with Crippen molar-refractivity contribution >= 4 is 16.2 Å². The van der Waals surface area contributed by atoms with E-state index >= 15 is 0 Å². The van der Waals surface area contributed by atoms with Crippen LogP contribution in [-0.2, 0) is 19.8 Å². The fourth-order valence-corrected chi connectivity index (χ4v) is 1.30. The van der Waals surface area contributed by atoms with Crippen molar-refractivity contribution in [2.24, 2.45) is 5.92 Å². The highest BCUT2D eigenvalue weighted by molar-refractivity contribution is 7.86. The lowest BCUT2D eigenvalue weighted by molar-refractivity contribution is -0.144. The van der Waals surface area contributed by atoms with Gasteiger partial charge in [-0.05, 0) is 0 Å². The first-order chi connectivity index (χ1) is 4.87. The van der Waals surface area contributed by atoms with E-state index in [4.69, 9.17) is 0 Å². The van der Waals surface area contributed by atoms with Crippen molar-refractivity contribution in [1.82, 2.24) is 0 Å². The van der Waals surface area contributed by atoms with E-state index < -0.39 is 27.9 Å². The highest BCUT2D eigenvalue weighted by Crippen LogP contribution is 2.03. The molecule has 0 aliphatic rings. The molecule has 66 valence electrons. The Hall–Kier alpha value is -0.650. The second kappa shape index (κ2) is 3.66. The van der Waals surface area contributed by atoms with Gasteiger partial charge >= 0.3 is 16.2 Å². The zero-order chi connectivity index (χ0) is 9.07. The molecule has 0 rings (SSSR count). The molecular weight excluding hydrogens is 175 g/mol. The maximum Gasteiger partial charge on any atom is 0.309 e. The molecule has 0 N–H and O–H groups in total. The molecule has 0 aromatic rings. The number of halogens is 1. The van der Waals surface area contributed by atoms with Crippen LogP contribution in [0.4, 0.5) is 3.89 Å². The lowest BCUT2D eigenvalue weighted by Gasteiger charge is -2.04. The Bertz CT molecular complexity index is 233. The summed E-state index contributed by atoms with van der Waals surface area (Å²) < 4.78 is 36.1. The highest BCUT2D eigenvalue weighted by atomic mass is 32.3. The van der Waals surface area contributed by atoms with Crippen molar-refractivity contribution in [3.63, 3.8) is 0 Å². The standard InChI is InChI=1S/C5H9FO4S/c1-4(5(7)10-2)3-11(6,8)9/h4H,3H2,1-2H3/t4-/m0/s1. The number of carbonyl (C=O) groups is 1. The average Bonchev–Trinajstić information content (AvgIpc) is 1.82. The van der Waals surface area contributed by atoms with Crippen LogP contribution in [0.5, 0.6) is 0 Å². The molecule has 4 nitrogen and oxygen atoms in total. The third kappa shape index (κ3) is 4.72. The fourth-order valence-electron chi connectivity index (χ4n) is 0.568. The second-order valence-corrected chi connectivity index (χ2v) is 3.54. The Morgan fingerprint density at radius 3 is 2.36 bits per heavy atom. The molecular formula is C5H9FO4S. The summed E-state index contributed by atoms with van der Waals surface area (Å²) in [6.07, 6.45) is 0. The minimum Gasteiger partial charge on any atom is -0.469 e. The molecule has 0 bridgehead atoms. The van der Waals surface area contributed by atoms with Gasteiger partial charge in [0.05, 0.1) is 18.8 Å². The van der Waals surface area contributed by atoms with Gasteiger partial charge in [-0.15, -0.1) is 3.89 Å². The van der Waals surface area contributed by atoms with Crippen LogP contribution in [0.15, 0.2) is 0 Å². The number of hydrogen-bond donors (Lipinski definition) is 0. The van der Waals surface area contributed by atoms with Crippen molar-refractivity contribution in [2.45, 2.75) is 6.92 Å². The van der Waals surface area contributed by atoms with E-state index in [9.17, 15) is 17.1 Å². The number of carbonyl (C=O) groups excluding carboxylic acids is 1. The van der Waals surface area contributed by atoms with E-state index in [1.807, 2.05) is 0 Å². The predicted molar refractivity (Wildman–Crippen MR) is 36.1 cm³/mol. The third-order valence-electron chi connectivity index (χ3n) is 1.05. The monoisotopic (exact) mass is 184 g/mol. The van der Waals surface area contributed by atoms with Gasteiger partial charge in [0, 0.05) is 0 Å². The maximum absolute atomic E-state index is 11.9. The van der Waals surface area contributed by atoms with Gasteiger partial charge in [0.25, 0.3) is 0 Å². The quantitative estimate of drug-likeness (QED) is 0.461. The summed E-state index contributed by atoms with van der Waals surface area (Å²) in [7, 11) is -3.46. The van der Waals surface area contributed by atoms with E-state index in [0.717, 1.165) is 7.11 Å². The summed E-state index contributed by atoms with van der Waals surface area (Å²) in [5, 5.41) is 0. The molecule has 11 heavy (non-hydrogen) atoms. The first-order valence-corrected chi connectivity index (χ1v) is 4.42. The van der Waals surface area contributed by atoms with Crippen molar-refractivity contribution in [3.05, 3.63) is 0 Å². The van der Waals surface area contributed by atoms with Crippen molar-refractivity contribution in [3.8, 4) is 0 Å². The van der Waals surface area contributed by atoms with Gasteiger partial charge in [-0.1, -0.05) is 6.92 Å². The summed E-state index contributed by atoms with van der Waals surface area (Å²) in [5.74, 6) is -2.50.